The predicted molar refractivity (Wildman–Crippen MR) is 96.8 cm³/mol. The van der Waals surface area contributed by atoms with E-state index in [1.165, 1.54) is 12.3 Å². The molecule has 2 heterocycles. The average molecular weight is 469 g/mol. The number of pyridine rings is 1. The van der Waals surface area contributed by atoms with E-state index in [9.17, 15) is 31.1 Å². The van der Waals surface area contributed by atoms with Gasteiger partial charge in [-0.2, -0.15) is 31.3 Å². The molecule has 1 amide bonds. The van der Waals surface area contributed by atoms with Gasteiger partial charge in [0.2, 0.25) is 17.7 Å². The van der Waals surface area contributed by atoms with E-state index >= 15 is 0 Å². The summed E-state index contributed by atoms with van der Waals surface area (Å²) in [5, 5.41) is 9.81. The van der Waals surface area contributed by atoms with Crippen LogP contribution in [0, 0.1) is 5.95 Å². The molecule has 0 bridgehead atoms. The van der Waals surface area contributed by atoms with Crippen molar-refractivity contribution in [2.24, 2.45) is 5.73 Å². The van der Waals surface area contributed by atoms with Crippen molar-refractivity contribution in [3.05, 3.63) is 35.8 Å². The summed E-state index contributed by atoms with van der Waals surface area (Å²) in [6.07, 6.45) is -3.87. The van der Waals surface area contributed by atoms with Crippen LogP contribution in [0.3, 0.4) is 0 Å². The molecule has 0 fully saturated rings. The molecule has 0 aliphatic rings. The highest BCUT2D eigenvalue weighted by atomic mass is 19.4. The van der Waals surface area contributed by atoms with Crippen molar-refractivity contribution in [1.29, 1.82) is 0 Å². The third kappa shape index (κ3) is 8.61. The standard InChI is InChI=1S/C15H16F3N5O2.C2HF3O2/c1-3-25-10-7-20-8(5-12(19)24)4-9(10)21-13-6-11(16)22-14(23-13)15(2,17)18;3-2(4,5)1(6)7/h4,6-7H,3,5H2,1-2H3,(H2,19,24)(H,20,21,22,23);(H,6,7). The average Bonchev–Trinajstić information content (AvgIpc) is 2.62. The number of amides is 1. The van der Waals surface area contributed by atoms with Crippen LogP contribution in [0.15, 0.2) is 18.3 Å². The number of carbonyl (C=O) groups is 2. The van der Waals surface area contributed by atoms with Crippen molar-refractivity contribution in [3.8, 4) is 5.75 Å². The first-order chi connectivity index (χ1) is 14.6. The fourth-order valence-electron chi connectivity index (χ4n) is 1.95. The second kappa shape index (κ2) is 10.6. The van der Waals surface area contributed by atoms with Crippen LogP contribution in [0.5, 0.6) is 5.75 Å². The van der Waals surface area contributed by atoms with Crippen molar-refractivity contribution in [1.82, 2.24) is 15.0 Å². The SMILES string of the molecule is CCOc1cnc(CC(N)=O)cc1Nc1cc(F)nc(C(C)(F)F)n1.O=C(O)C(F)(F)F. The van der Waals surface area contributed by atoms with Gasteiger partial charge in [0.05, 0.1) is 30.6 Å². The van der Waals surface area contributed by atoms with E-state index in [1.807, 2.05) is 0 Å². The molecule has 2 aromatic heterocycles. The van der Waals surface area contributed by atoms with Gasteiger partial charge in [0, 0.05) is 13.0 Å². The number of nitrogens with one attached hydrogen (secondary N) is 1. The number of rotatable bonds is 7. The first-order valence-corrected chi connectivity index (χ1v) is 8.53. The molecule has 176 valence electrons. The van der Waals surface area contributed by atoms with Gasteiger partial charge in [-0.05, 0) is 13.0 Å². The van der Waals surface area contributed by atoms with Gasteiger partial charge in [0.25, 0.3) is 0 Å². The molecule has 0 saturated heterocycles. The Balaban J connectivity index is 0.000000633. The van der Waals surface area contributed by atoms with Gasteiger partial charge < -0.3 is 20.9 Å². The zero-order valence-corrected chi connectivity index (χ0v) is 16.5. The van der Waals surface area contributed by atoms with Gasteiger partial charge in [-0.15, -0.1) is 0 Å². The lowest BCUT2D eigenvalue weighted by molar-refractivity contribution is -0.192. The minimum atomic E-state index is -5.08. The van der Waals surface area contributed by atoms with E-state index in [1.54, 1.807) is 6.92 Å². The van der Waals surface area contributed by atoms with Gasteiger partial charge in [-0.1, -0.05) is 0 Å². The summed E-state index contributed by atoms with van der Waals surface area (Å²) in [5.74, 6) is -8.74. The molecule has 0 aliphatic heterocycles. The van der Waals surface area contributed by atoms with Gasteiger partial charge in [0.15, 0.2) is 5.75 Å². The maximum absolute atomic E-state index is 13.5. The summed E-state index contributed by atoms with van der Waals surface area (Å²) < 4.78 is 77.3. The molecule has 0 aliphatic carbocycles. The summed E-state index contributed by atoms with van der Waals surface area (Å²) in [4.78, 5) is 30.6. The Hall–Kier alpha value is -3.65. The fraction of sp³-hybridized carbons (Fsp3) is 0.353. The van der Waals surface area contributed by atoms with Crippen LogP contribution in [0.25, 0.3) is 0 Å². The molecule has 2 aromatic rings. The lowest BCUT2D eigenvalue weighted by atomic mass is 10.2. The van der Waals surface area contributed by atoms with Gasteiger partial charge in [-0.3, -0.25) is 9.78 Å². The van der Waals surface area contributed by atoms with Gasteiger partial charge in [0.1, 0.15) is 5.82 Å². The molecule has 15 heteroatoms. The van der Waals surface area contributed by atoms with Crippen molar-refractivity contribution in [2.45, 2.75) is 32.4 Å². The number of nitrogens with zero attached hydrogens (tertiary/aromatic N) is 3. The van der Waals surface area contributed by atoms with E-state index in [0.29, 0.717) is 19.2 Å². The van der Waals surface area contributed by atoms with Crippen LogP contribution in [-0.4, -0.2) is 44.7 Å². The minimum absolute atomic E-state index is 0.127. The molecule has 0 radical (unpaired) electrons. The number of carbonyl (C=O) groups excluding carboxylic acids is 1. The zero-order valence-electron chi connectivity index (χ0n) is 16.5. The molecule has 0 atom stereocenters. The van der Waals surface area contributed by atoms with Crippen LogP contribution in [0.2, 0.25) is 0 Å². The summed E-state index contributed by atoms with van der Waals surface area (Å²) in [6.45, 7) is 2.61. The first kappa shape index (κ1) is 26.4. The summed E-state index contributed by atoms with van der Waals surface area (Å²) in [6, 6.07) is 2.30. The van der Waals surface area contributed by atoms with E-state index in [-0.39, 0.29) is 23.7 Å². The molecule has 32 heavy (non-hydrogen) atoms. The van der Waals surface area contributed by atoms with E-state index < -0.39 is 35.7 Å². The van der Waals surface area contributed by atoms with Crippen LogP contribution < -0.4 is 15.8 Å². The second-order valence-corrected chi connectivity index (χ2v) is 5.96. The molecule has 0 spiro atoms. The lowest BCUT2D eigenvalue weighted by Gasteiger charge is -2.14. The highest BCUT2D eigenvalue weighted by molar-refractivity contribution is 5.77. The number of carboxylic acid groups (broad SMARTS) is 1. The highest BCUT2D eigenvalue weighted by Gasteiger charge is 2.38. The monoisotopic (exact) mass is 469 g/mol. The molecule has 0 aromatic carbocycles. The Kier molecular flexibility index (Phi) is 8.73. The number of aromatic nitrogens is 3. The Morgan fingerprint density at radius 2 is 1.78 bits per heavy atom. The Morgan fingerprint density at radius 1 is 1.19 bits per heavy atom. The molecule has 9 nitrogen and oxygen atoms in total. The van der Waals surface area contributed by atoms with Crippen molar-refractivity contribution >= 4 is 23.4 Å². The van der Waals surface area contributed by atoms with Gasteiger partial charge >= 0.3 is 18.1 Å². The third-order valence-corrected chi connectivity index (χ3v) is 3.17. The van der Waals surface area contributed by atoms with Crippen LogP contribution in [-0.2, 0) is 21.9 Å². The molecule has 2 rings (SSSR count). The number of ether oxygens (including phenoxy) is 1. The number of hydrogen-bond acceptors (Lipinski definition) is 7. The fourth-order valence-corrected chi connectivity index (χ4v) is 1.95. The number of carboxylic acids is 1. The number of anilines is 2. The molecular weight excluding hydrogens is 452 g/mol. The Morgan fingerprint density at radius 3 is 2.25 bits per heavy atom. The Bertz CT molecular complexity index is 965. The second-order valence-electron chi connectivity index (χ2n) is 5.96. The molecule has 0 saturated carbocycles. The first-order valence-electron chi connectivity index (χ1n) is 8.53. The number of alkyl halides is 5. The predicted octanol–water partition coefficient (Wildman–Crippen LogP) is 2.93. The van der Waals surface area contributed by atoms with Crippen molar-refractivity contribution in [2.75, 3.05) is 11.9 Å². The minimum Gasteiger partial charge on any atom is -0.490 e. The largest absolute Gasteiger partial charge is 0.490 e. The van der Waals surface area contributed by atoms with Crippen molar-refractivity contribution in [3.63, 3.8) is 0 Å². The highest BCUT2D eigenvalue weighted by Crippen LogP contribution is 2.29. The number of nitrogens with two attached hydrogens (primary N) is 1. The Labute approximate surface area is 176 Å². The summed E-state index contributed by atoms with van der Waals surface area (Å²) >= 11 is 0. The molecule has 4 N–H and O–H groups in total. The van der Waals surface area contributed by atoms with Crippen LogP contribution >= 0.6 is 0 Å². The molecule has 0 unspecified atom stereocenters. The third-order valence-electron chi connectivity index (χ3n) is 3.17. The smallest absolute Gasteiger partial charge is 0.490 e. The summed E-state index contributed by atoms with van der Waals surface area (Å²) in [5.41, 5.74) is 5.73. The van der Waals surface area contributed by atoms with Crippen molar-refractivity contribution < 1.29 is 45.8 Å². The summed E-state index contributed by atoms with van der Waals surface area (Å²) in [7, 11) is 0. The van der Waals surface area contributed by atoms with E-state index in [2.05, 4.69) is 20.3 Å². The van der Waals surface area contributed by atoms with E-state index in [4.69, 9.17) is 20.4 Å². The van der Waals surface area contributed by atoms with Crippen LogP contribution in [0.4, 0.5) is 37.8 Å². The lowest BCUT2D eigenvalue weighted by Crippen LogP contribution is -2.21. The zero-order chi connectivity index (χ0) is 24.7. The number of halogens is 6. The van der Waals surface area contributed by atoms with Gasteiger partial charge in [-0.25, -0.2) is 9.78 Å². The number of aliphatic carboxylic acids is 1. The quantitative estimate of drug-likeness (QED) is 0.415. The van der Waals surface area contributed by atoms with Crippen LogP contribution in [0.1, 0.15) is 25.4 Å². The van der Waals surface area contributed by atoms with E-state index in [0.717, 1.165) is 6.07 Å². The maximum atomic E-state index is 13.5. The number of primary amides is 1. The maximum Gasteiger partial charge on any atom is 0.490 e. The normalized spacial score (nSPS) is 11.2. The number of hydrogen-bond donors (Lipinski definition) is 3. The molecular formula is C17H17F6N5O4. The topological polar surface area (TPSA) is 140 Å².